The van der Waals surface area contributed by atoms with Crippen molar-refractivity contribution in [3.63, 3.8) is 0 Å². The molecule has 0 aliphatic carbocycles. The number of carbonyl (C=O) groups is 2. The zero-order valence-electron chi connectivity index (χ0n) is 17.5. The van der Waals surface area contributed by atoms with Crippen LogP contribution < -0.4 is 4.90 Å². The number of sulfone groups is 1. The molecule has 4 rings (SSSR count). The SMILES string of the molecule is CCN1C(=O)c2ccccc2S(=O)(=O)c2ccc(C(=O)N3C[C@@H](C)C[C@H](C)C3)cc21. The molecule has 2 aromatic rings. The number of piperidine rings is 1. The summed E-state index contributed by atoms with van der Waals surface area (Å²) in [5, 5.41) is 0. The van der Waals surface area contributed by atoms with Crippen LogP contribution in [0.15, 0.2) is 52.3 Å². The van der Waals surface area contributed by atoms with Gasteiger partial charge >= 0.3 is 0 Å². The number of hydrogen-bond acceptors (Lipinski definition) is 4. The van der Waals surface area contributed by atoms with E-state index in [2.05, 4.69) is 13.8 Å². The molecule has 2 aromatic carbocycles. The first-order chi connectivity index (χ1) is 14.2. The fourth-order valence-corrected chi connectivity index (χ4v) is 6.30. The summed E-state index contributed by atoms with van der Waals surface area (Å²) in [4.78, 5) is 29.7. The van der Waals surface area contributed by atoms with Crippen molar-refractivity contribution >= 4 is 27.3 Å². The molecule has 0 radical (unpaired) electrons. The summed E-state index contributed by atoms with van der Waals surface area (Å²) in [7, 11) is -3.89. The lowest BCUT2D eigenvalue weighted by atomic mass is 9.91. The van der Waals surface area contributed by atoms with Crippen LogP contribution in [0.3, 0.4) is 0 Å². The number of carbonyl (C=O) groups excluding carboxylic acids is 2. The molecule has 2 amide bonds. The number of anilines is 1. The predicted molar refractivity (Wildman–Crippen MR) is 115 cm³/mol. The topological polar surface area (TPSA) is 74.8 Å². The summed E-state index contributed by atoms with van der Waals surface area (Å²) < 4.78 is 26.6. The molecule has 0 spiro atoms. The van der Waals surface area contributed by atoms with Crippen molar-refractivity contribution < 1.29 is 18.0 Å². The van der Waals surface area contributed by atoms with E-state index in [1.54, 1.807) is 31.2 Å². The van der Waals surface area contributed by atoms with Gasteiger partial charge in [-0.25, -0.2) is 8.42 Å². The van der Waals surface area contributed by atoms with E-state index < -0.39 is 9.84 Å². The summed E-state index contributed by atoms with van der Waals surface area (Å²) in [5.74, 6) is 0.336. The lowest BCUT2D eigenvalue weighted by Gasteiger charge is -2.35. The van der Waals surface area contributed by atoms with E-state index in [0.29, 0.717) is 37.0 Å². The number of benzene rings is 2. The van der Waals surface area contributed by atoms with Gasteiger partial charge in [0.2, 0.25) is 9.84 Å². The van der Waals surface area contributed by atoms with Crippen LogP contribution in [-0.2, 0) is 9.84 Å². The van der Waals surface area contributed by atoms with Crippen molar-refractivity contribution in [2.45, 2.75) is 37.0 Å². The standard InChI is InChI=1S/C23H26N2O4S/c1-4-25-19-12-17(22(26)24-13-15(2)11-16(3)14-24)9-10-21(19)30(28,29)20-8-6-5-7-18(20)23(25)27/h5-10,12,15-16H,4,11,13-14H2,1-3H3/t15-,16-/m0/s1. The minimum Gasteiger partial charge on any atom is -0.338 e. The van der Waals surface area contributed by atoms with Crippen molar-refractivity contribution in [1.29, 1.82) is 0 Å². The van der Waals surface area contributed by atoms with Crippen LogP contribution in [0.1, 0.15) is 47.9 Å². The third-order valence-corrected chi connectivity index (χ3v) is 7.77. The zero-order chi connectivity index (χ0) is 21.6. The Balaban J connectivity index is 1.83. The maximum absolute atomic E-state index is 13.3. The van der Waals surface area contributed by atoms with Crippen LogP contribution in [-0.4, -0.2) is 44.8 Å². The fraction of sp³-hybridized carbons (Fsp3) is 0.391. The van der Waals surface area contributed by atoms with Gasteiger partial charge < -0.3 is 9.80 Å². The lowest BCUT2D eigenvalue weighted by Crippen LogP contribution is -2.42. The quantitative estimate of drug-likeness (QED) is 0.735. The maximum atomic E-state index is 13.3. The van der Waals surface area contributed by atoms with Gasteiger partial charge in [0.15, 0.2) is 0 Å². The second-order valence-corrected chi connectivity index (χ2v) is 10.3. The van der Waals surface area contributed by atoms with Gasteiger partial charge in [-0.1, -0.05) is 26.0 Å². The molecule has 158 valence electrons. The fourth-order valence-electron chi connectivity index (χ4n) is 4.66. The largest absolute Gasteiger partial charge is 0.338 e. The molecule has 6 nitrogen and oxygen atoms in total. The van der Waals surface area contributed by atoms with Gasteiger partial charge in [-0.05, 0) is 55.5 Å². The third-order valence-electron chi connectivity index (χ3n) is 5.91. The molecule has 2 heterocycles. The molecule has 2 atom stereocenters. The minimum absolute atomic E-state index is 0.00459. The molecule has 1 fully saturated rings. The summed E-state index contributed by atoms with van der Waals surface area (Å²) in [5.41, 5.74) is 0.826. The minimum atomic E-state index is -3.89. The van der Waals surface area contributed by atoms with Crippen LogP contribution in [0.25, 0.3) is 0 Å². The summed E-state index contributed by atoms with van der Waals surface area (Å²) in [6.45, 7) is 7.72. The molecule has 2 aliphatic heterocycles. The second-order valence-electron chi connectivity index (χ2n) is 8.39. The van der Waals surface area contributed by atoms with E-state index in [4.69, 9.17) is 0 Å². The predicted octanol–water partition coefficient (Wildman–Crippen LogP) is 3.62. The maximum Gasteiger partial charge on any atom is 0.259 e. The number of fused-ring (bicyclic) bond motifs is 2. The van der Waals surface area contributed by atoms with Gasteiger partial charge in [0.05, 0.1) is 21.0 Å². The van der Waals surface area contributed by atoms with Crippen molar-refractivity contribution in [3.8, 4) is 0 Å². The van der Waals surface area contributed by atoms with Crippen LogP contribution in [0.5, 0.6) is 0 Å². The van der Waals surface area contributed by atoms with Crippen molar-refractivity contribution in [1.82, 2.24) is 4.90 Å². The normalized spacial score (nSPS) is 22.8. The Morgan fingerprint density at radius 2 is 1.70 bits per heavy atom. The lowest BCUT2D eigenvalue weighted by molar-refractivity contribution is 0.0623. The monoisotopic (exact) mass is 426 g/mol. The highest BCUT2D eigenvalue weighted by Gasteiger charge is 2.36. The van der Waals surface area contributed by atoms with Gasteiger partial charge in [-0.2, -0.15) is 0 Å². The van der Waals surface area contributed by atoms with Crippen molar-refractivity contribution in [2.75, 3.05) is 24.5 Å². The van der Waals surface area contributed by atoms with Crippen molar-refractivity contribution in [2.24, 2.45) is 11.8 Å². The average molecular weight is 427 g/mol. The van der Waals surface area contributed by atoms with Crippen molar-refractivity contribution in [3.05, 3.63) is 53.6 Å². The number of amides is 2. The van der Waals surface area contributed by atoms with Gasteiger partial charge in [0, 0.05) is 25.2 Å². The van der Waals surface area contributed by atoms with Crippen LogP contribution >= 0.6 is 0 Å². The molecule has 0 saturated carbocycles. The molecule has 0 bridgehead atoms. The van der Waals surface area contributed by atoms with Crippen LogP contribution in [0.2, 0.25) is 0 Å². The Bertz CT molecular complexity index is 1120. The molecule has 0 aromatic heterocycles. The summed E-state index contributed by atoms with van der Waals surface area (Å²) in [6, 6.07) is 10.9. The van der Waals surface area contributed by atoms with E-state index in [9.17, 15) is 18.0 Å². The Kier molecular flexibility index (Phi) is 5.18. The van der Waals surface area contributed by atoms with Crippen LogP contribution in [0, 0.1) is 11.8 Å². The summed E-state index contributed by atoms with van der Waals surface area (Å²) >= 11 is 0. The number of likely N-dealkylation sites (tertiary alicyclic amines) is 1. The molecule has 0 N–H and O–H groups in total. The molecule has 0 unspecified atom stereocenters. The Morgan fingerprint density at radius 3 is 2.37 bits per heavy atom. The Labute approximate surface area is 177 Å². The van der Waals surface area contributed by atoms with E-state index >= 15 is 0 Å². The first-order valence-corrected chi connectivity index (χ1v) is 11.8. The number of rotatable bonds is 2. The number of hydrogen-bond donors (Lipinski definition) is 0. The average Bonchev–Trinajstić information content (AvgIpc) is 2.78. The van der Waals surface area contributed by atoms with Gasteiger partial charge in [0.1, 0.15) is 0 Å². The highest BCUT2D eigenvalue weighted by atomic mass is 32.2. The highest BCUT2D eigenvalue weighted by Crippen LogP contribution is 2.37. The second kappa shape index (κ2) is 7.54. The molecule has 1 saturated heterocycles. The van der Waals surface area contributed by atoms with Crippen LogP contribution in [0.4, 0.5) is 5.69 Å². The van der Waals surface area contributed by atoms with E-state index in [-0.39, 0.29) is 32.9 Å². The zero-order valence-corrected chi connectivity index (χ0v) is 18.3. The van der Waals surface area contributed by atoms with E-state index in [0.717, 1.165) is 6.42 Å². The van der Waals surface area contributed by atoms with Gasteiger partial charge in [-0.3, -0.25) is 9.59 Å². The van der Waals surface area contributed by atoms with E-state index in [1.807, 2.05) is 4.90 Å². The highest BCUT2D eigenvalue weighted by molar-refractivity contribution is 7.91. The molecule has 30 heavy (non-hydrogen) atoms. The Hall–Kier alpha value is -2.67. The molecular formula is C23H26N2O4S. The van der Waals surface area contributed by atoms with E-state index in [1.165, 1.54) is 23.1 Å². The number of nitrogens with zero attached hydrogens (tertiary/aromatic N) is 2. The Morgan fingerprint density at radius 1 is 1.03 bits per heavy atom. The van der Waals surface area contributed by atoms with Gasteiger partial charge in [0.25, 0.3) is 11.8 Å². The first kappa shape index (κ1) is 20.6. The molecule has 7 heteroatoms. The first-order valence-electron chi connectivity index (χ1n) is 10.3. The molecule has 2 aliphatic rings. The van der Waals surface area contributed by atoms with Gasteiger partial charge in [-0.15, -0.1) is 0 Å². The molecular weight excluding hydrogens is 400 g/mol. The third kappa shape index (κ3) is 3.31. The smallest absolute Gasteiger partial charge is 0.259 e. The summed E-state index contributed by atoms with van der Waals surface area (Å²) in [6.07, 6.45) is 1.09.